The number of para-hydroxylation sites is 1. The smallest absolute Gasteiger partial charge is 0.174 e. The van der Waals surface area contributed by atoms with Crippen molar-refractivity contribution >= 4 is 28.8 Å². The lowest BCUT2D eigenvalue weighted by molar-refractivity contribution is 0.391. The molecule has 2 aromatic rings. The second-order valence-electron chi connectivity index (χ2n) is 5.11. The lowest BCUT2D eigenvalue weighted by Crippen LogP contribution is -2.50. The Labute approximate surface area is 130 Å². The molecule has 1 saturated heterocycles. The molecule has 1 aliphatic heterocycles. The molecular weight excluding hydrogens is 282 g/mol. The highest BCUT2D eigenvalue weighted by atomic mass is 32.1. The number of piperazine rings is 1. The lowest BCUT2D eigenvalue weighted by Gasteiger charge is -2.37. The Morgan fingerprint density at radius 2 is 1.81 bits per heavy atom. The van der Waals surface area contributed by atoms with Crippen molar-refractivity contribution < 1.29 is 0 Å². The van der Waals surface area contributed by atoms with Crippen LogP contribution < -0.4 is 10.2 Å². The normalized spacial score (nSPS) is 15.1. The Kier molecular flexibility index (Phi) is 4.06. The molecule has 0 bridgehead atoms. The summed E-state index contributed by atoms with van der Waals surface area (Å²) in [5.74, 6) is 0.799. The standard InChI is InChI=1S/C15H19N5S/c1-18-8-7-14(17-18)16-15(21)20-11-9-19(10-12-20)13-5-3-2-4-6-13/h2-8H,9-12H2,1H3,(H,16,17,21). The Morgan fingerprint density at radius 1 is 1.10 bits per heavy atom. The SMILES string of the molecule is Cn1ccc(NC(=S)N2CCN(c3ccccc3)CC2)n1. The maximum Gasteiger partial charge on any atom is 0.174 e. The van der Waals surface area contributed by atoms with Gasteiger partial charge in [0.05, 0.1) is 0 Å². The molecule has 0 amide bonds. The zero-order chi connectivity index (χ0) is 14.7. The van der Waals surface area contributed by atoms with E-state index in [4.69, 9.17) is 12.2 Å². The van der Waals surface area contributed by atoms with Gasteiger partial charge in [-0.25, -0.2) is 0 Å². The maximum atomic E-state index is 5.47. The van der Waals surface area contributed by atoms with Crippen LogP contribution in [0.5, 0.6) is 0 Å². The first-order chi connectivity index (χ1) is 10.2. The first-order valence-corrected chi connectivity index (χ1v) is 7.49. The number of aromatic nitrogens is 2. The van der Waals surface area contributed by atoms with Crippen molar-refractivity contribution in [1.82, 2.24) is 14.7 Å². The van der Waals surface area contributed by atoms with Gasteiger partial charge in [0.15, 0.2) is 10.9 Å². The minimum absolute atomic E-state index is 0.751. The molecule has 110 valence electrons. The molecule has 1 aromatic carbocycles. The summed E-state index contributed by atoms with van der Waals surface area (Å²) in [7, 11) is 1.90. The van der Waals surface area contributed by atoms with Crippen molar-refractivity contribution in [3.05, 3.63) is 42.6 Å². The predicted molar refractivity (Wildman–Crippen MR) is 89.7 cm³/mol. The molecule has 5 nitrogen and oxygen atoms in total. The molecule has 0 radical (unpaired) electrons. The van der Waals surface area contributed by atoms with Crippen LogP contribution in [0.4, 0.5) is 11.5 Å². The fourth-order valence-electron chi connectivity index (χ4n) is 2.48. The largest absolute Gasteiger partial charge is 0.368 e. The highest BCUT2D eigenvalue weighted by Crippen LogP contribution is 2.16. The molecule has 0 atom stereocenters. The molecule has 0 unspecified atom stereocenters. The monoisotopic (exact) mass is 301 g/mol. The van der Waals surface area contributed by atoms with Crippen LogP contribution in [0.2, 0.25) is 0 Å². The molecule has 3 rings (SSSR count). The van der Waals surface area contributed by atoms with E-state index < -0.39 is 0 Å². The number of benzene rings is 1. The van der Waals surface area contributed by atoms with Gasteiger partial charge < -0.3 is 15.1 Å². The van der Waals surface area contributed by atoms with Gasteiger partial charge in [0.2, 0.25) is 0 Å². The van der Waals surface area contributed by atoms with Crippen LogP contribution in [0.3, 0.4) is 0 Å². The molecular formula is C15H19N5S. The molecule has 0 aliphatic carbocycles. The van der Waals surface area contributed by atoms with Crippen LogP contribution in [-0.2, 0) is 7.05 Å². The van der Waals surface area contributed by atoms with Crippen LogP contribution in [0, 0.1) is 0 Å². The molecule has 1 fully saturated rings. The second kappa shape index (κ2) is 6.13. The predicted octanol–water partition coefficient (Wildman–Crippen LogP) is 1.94. The van der Waals surface area contributed by atoms with E-state index in [0.29, 0.717) is 0 Å². The van der Waals surface area contributed by atoms with E-state index in [1.807, 2.05) is 25.4 Å². The average molecular weight is 301 g/mol. The minimum Gasteiger partial charge on any atom is -0.368 e. The summed E-state index contributed by atoms with van der Waals surface area (Å²) < 4.78 is 1.76. The third-order valence-corrected chi connectivity index (χ3v) is 4.00. The van der Waals surface area contributed by atoms with E-state index in [-0.39, 0.29) is 0 Å². The number of nitrogens with one attached hydrogen (secondary N) is 1. The summed E-state index contributed by atoms with van der Waals surface area (Å²) in [5.41, 5.74) is 1.28. The van der Waals surface area contributed by atoms with Crippen LogP contribution in [0.15, 0.2) is 42.6 Å². The summed E-state index contributed by atoms with van der Waals surface area (Å²) in [6, 6.07) is 12.4. The Hall–Kier alpha value is -2.08. The first kappa shape index (κ1) is 13.9. The van der Waals surface area contributed by atoms with Crippen LogP contribution in [-0.4, -0.2) is 46.0 Å². The molecule has 1 N–H and O–H groups in total. The quantitative estimate of drug-likeness (QED) is 0.858. The lowest BCUT2D eigenvalue weighted by atomic mass is 10.2. The second-order valence-corrected chi connectivity index (χ2v) is 5.50. The number of hydrogen-bond acceptors (Lipinski definition) is 3. The maximum absolute atomic E-state index is 5.47. The third-order valence-electron chi connectivity index (χ3n) is 3.64. The number of nitrogens with zero attached hydrogens (tertiary/aromatic N) is 4. The number of anilines is 2. The van der Waals surface area contributed by atoms with E-state index in [0.717, 1.165) is 37.1 Å². The van der Waals surface area contributed by atoms with E-state index in [2.05, 4.69) is 44.5 Å². The summed E-state index contributed by atoms with van der Waals surface area (Å²) in [5, 5.41) is 8.23. The summed E-state index contributed by atoms with van der Waals surface area (Å²) >= 11 is 5.47. The van der Waals surface area contributed by atoms with Crippen molar-refractivity contribution in [3.63, 3.8) is 0 Å². The molecule has 1 aromatic heterocycles. The van der Waals surface area contributed by atoms with E-state index in [9.17, 15) is 0 Å². The highest BCUT2D eigenvalue weighted by molar-refractivity contribution is 7.80. The fourth-order valence-corrected chi connectivity index (χ4v) is 2.76. The molecule has 0 saturated carbocycles. The van der Waals surface area contributed by atoms with E-state index >= 15 is 0 Å². The van der Waals surface area contributed by atoms with Gasteiger partial charge in [-0.1, -0.05) is 18.2 Å². The third kappa shape index (κ3) is 3.33. The van der Waals surface area contributed by atoms with Crippen LogP contribution in [0.1, 0.15) is 0 Å². The van der Waals surface area contributed by atoms with E-state index in [1.165, 1.54) is 5.69 Å². The summed E-state index contributed by atoms with van der Waals surface area (Å²) in [6.07, 6.45) is 1.90. The van der Waals surface area contributed by atoms with Gasteiger partial charge in [-0.3, -0.25) is 4.68 Å². The Balaban J connectivity index is 1.54. The van der Waals surface area contributed by atoms with Crippen molar-refractivity contribution in [2.24, 2.45) is 7.05 Å². The van der Waals surface area contributed by atoms with Crippen molar-refractivity contribution in [1.29, 1.82) is 0 Å². The van der Waals surface area contributed by atoms with Crippen molar-refractivity contribution in [3.8, 4) is 0 Å². The number of thiocarbonyl (C=S) groups is 1. The van der Waals surface area contributed by atoms with Gasteiger partial charge in [0.25, 0.3) is 0 Å². The average Bonchev–Trinajstić information content (AvgIpc) is 2.93. The van der Waals surface area contributed by atoms with E-state index in [1.54, 1.807) is 4.68 Å². The zero-order valence-corrected chi connectivity index (χ0v) is 12.9. The van der Waals surface area contributed by atoms with Gasteiger partial charge in [-0.15, -0.1) is 0 Å². The van der Waals surface area contributed by atoms with Gasteiger partial charge >= 0.3 is 0 Å². The highest BCUT2D eigenvalue weighted by Gasteiger charge is 2.19. The molecule has 1 aliphatic rings. The summed E-state index contributed by atoms with van der Waals surface area (Å²) in [6.45, 7) is 3.81. The van der Waals surface area contributed by atoms with Gasteiger partial charge in [0, 0.05) is 51.2 Å². The topological polar surface area (TPSA) is 36.3 Å². The molecule has 2 heterocycles. The first-order valence-electron chi connectivity index (χ1n) is 7.08. The van der Waals surface area contributed by atoms with Crippen molar-refractivity contribution in [2.75, 3.05) is 36.4 Å². The fraction of sp³-hybridized carbons (Fsp3) is 0.333. The Morgan fingerprint density at radius 3 is 2.43 bits per heavy atom. The van der Waals surface area contributed by atoms with Crippen LogP contribution >= 0.6 is 12.2 Å². The molecule has 0 spiro atoms. The zero-order valence-electron chi connectivity index (χ0n) is 12.1. The Bertz CT molecular complexity index is 602. The van der Waals surface area contributed by atoms with Gasteiger partial charge in [0.1, 0.15) is 0 Å². The van der Waals surface area contributed by atoms with Gasteiger partial charge in [-0.2, -0.15) is 5.10 Å². The van der Waals surface area contributed by atoms with Crippen molar-refractivity contribution in [2.45, 2.75) is 0 Å². The van der Waals surface area contributed by atoms with Gasteiger partial charge in [-0.05, 0) is 24.4 Å². The minimum atomic E-state index is 0.751. The number of hydrogen-bond donors (Lipinski definition) is 1. The number of rotatable bonds is 2. The van der Waals surface area contributed by atoms with Crippen LogP contribution in [0.25, 0.3) is 0 Å². The molecule has 6 heteroatoms. The molecule has 21 heavy (non-hydrogen) atoms. The number of aryl methyl sites for hydroxylation is 1. The summed E-state index contributed by atoms with van der Waals surface area (Å²) in [4.78, 5) is 4.59.